The summed E-state index contributed by atoms with van der Waals surface area (Å²) in [6, 6.07) is -0.974. The van der Waals surface area contributed by atoms with Gasteiger partial charge >= 0.3 is 17.9 Å². The van der Waals surface area contributed by atoms with E-state index < -0.39 is 78.8 Å². The van der Waals surface area contributed by atoms with Crippen molar-refractivity contribution in [1.29, 1.82) is 0 Å². The molecule has 29 heavy (non-hydrogen) atoms. The molecule has 0 heterocycles. The van der Waals surface area contributed by atoms with Gasteiger partial charge in [-0.3, -0.25) is 14.4 Å². The molecular formula is C16H21N3O10. The number of benzene rings is 1. The van der Waals surface area contributed by atoms with E-state index in [2.05, 4.69) is 4.74 Å². The fourth-order valence-corrected chi connectivity index (χ4v) is 1.82. The molecule has 0 saturated heterocycles. The number of aliphatic hydroxyl groups is 1. The second-order valence-corrected chi connectivity index (χ2v) is 5.69. The molecule has 0 spiro atoms. The number of aliphatic carboxylic acids is 1. The summed E-state index contributed by atoms with van der Waals surface area (Å²) in [7, 11) is 0. The van der Waals surface area contributed by atoms with Gasteiger partial charge in [0.1, 0.15) is 25.3 Å². The van der Waals surface area contributed by atoms with Crippen LogP contribution >= 0.6 is 0 Å². The molecule has 0 unspecified atom stereocenters. The largest absolute Gasteiger partial charge is 0.504 e. The Morgan fingerprint density at radius 3 is 2.17 bits per heavy atom. The summed E-state index contributed by atoms with van der Waals surface area (Å²) in [5, 5.41) is 38.9. The lowest BCUT2D eigenvalue weighted by molar-refractivity contribution is -0.153. The number of hydrogen-bond acceptors (Lipinski definition) is 11. The van der Waals surface area contributed by atoms with E-state index in [4.69, 9.17) is 26.4 Å². The molecule has 1 amide bonds. The summed E-state index contributed by atoms with van der Waals surface area (Å²) < 4.78 is 9.29. The number of rotatable bonds is 10. The van der Waals surface area contributed by atoms with Crippen molar-refractivity contribution in [1.82, 2.24) is 5.32 Å². The highest BCUT2D eigenvalue weighted by atomic mass is 16.6. The Bertz CT molecular complexity index is 769. The van der Waals surface area contributed by atoms with Crippen molar-refractivity contribution >= 4 is 23.8 Å². The van der Waals surface area contributed by atoms with E-state index in [-0.39, 0.29) is 0 Å². The first-order valence-electron chi connectivity index (χ1n) is 8.08. The first-order chi connectivity index (χ1) is 13.6. The number of amides is 1. The summed E-state index contributed by atoms with van der Waals surface area (Å²) >= 11 is 0. The van der Waals surface area contributed by atoms with Crippen molar-refractivity contribution in [2.75, 3.05) is 19.8 Å². The Kier molecular flexibility index (Phi) is 8.79. The van der Waals surface area contributed by atoms with E-state index in [1.165, 1.54) is 6.07 Å². The lowest BCUT2D eigenvalue weighted by atomic mass is 10.1. The summed E-state index contributed by atoms with van der Waals surface area (Å²) in [6.07, 6.45) is 0. The predicted octanol–water partition coefficient (Wildman–Crippen LogP) is -2.99. The van der Waals surface area contributed by atoms with Crippen LogP contribution in [0.25, 0.3) is 0 Å². The molecular weight excluding hydrogens is 394 g/mol. The SMILES string of the molecule is N[C@H](CO)C(=O)OC[C@@H](N)C(=O)OC[C@H](NC(=O)c1cccc(O)c1O)C(=O)O. The number of phenols is 2. The Morgan fingerprint density at radius 1 is 1.00 bits per heavy atom. The number of carboxylic acid groups (broad SMARTS) is 1. The molecule has 1 rings (SSSR count). The van der Waals surface area contributed by atoms with E-state index >= 15 is 0 Å². The number of phenolic OH excluding ortho intramolecular Hbond substituents is 2. The maximum atomic E-state index is 12.1. The fourth-order valence-electron chi connectivity index (χ4n) is 1.82. The van der Waals surface area contributed by atoms with Gasteiger partial charge in [-0.2, -0.15) is 0 Å². The van der Waals surface area contributed by atoms with Crippen LogP contribution in [0.15, 0.2) is 18.2 Å². The lowest BCUT2D eigenvalue weighted by Crippen LogP contribution is -2.46. The first-order valence-corrected chi connectivity index (χ1v) is 8.08. The van der Waals surface area contributed by atoms with Crippen LogP contribution in [0.3, 0.4) is 0 Å². The standard InChI is InChI=1S/C16H21N3O10/c17-8(4-20)15(26)28-5-9(18)16(27)29-6-10(14(24)25)19-13(23)7-2-1-3-11(21)12(7)22/h1-3,8-10,20-22H,4-6,17-18H2,(H,19,23)(H,24,25)/t8-,9-,10+/m1/s1. The van der Waals surface area contributed by atoms with Gasteiger partial charge in [-0.15, -0.1) is 0 Å². The number of esters is 2. The van der Waals surface area contributed by atoms with E-state index in [1.807, 2.05) is 5.32 Å². The summed E-state index contributed by atoms with van der Waals surface area (Å²) in [5.41, 5.74) is 10.3. The van der Waals surface area contributed by atoms with Crippen molar-refractivity contribution in [3.63, 3.8) is 0 Å². The Hall–Kier alpha value is -3.42. The number of carboxylic acids is 1. The predicted molar refractivity (Wildman–Crippen MR) is 93.6 cm³/mol. The monoisotopic (exact) mass is 415 g/mol. The summed E-state index contributed by atoms with van der Waals surface area (Å²) in [4.78, 5) is 46.4. The van der Waals surface area contributed by atoms with Crippen molar-refractivity contribution in [2.24, 2.45) is 11.5 Å². The zero-order valence-corrected chi connectivity index (χ0v) is 15.0. The number of hydrogen-bond donors (Lipinski definition) is 7. The number of aliphatic hydroxyl groups excluding tert-OH is 1. The van der Waals surface area contributed by atoms with Gasteiger partial charge in [0.15, 0.2) is 17.5 Å². The minimum absolute atomic E-state index is 0.397. The lowest BCUT2D eigenvalue weighted by Gasteiger charge is -2.17. The average Bonchev–Trinajstić information content (AvgIpc) is 2.69. The molecule has 0 bridgehead atoms. The van der Waals surface area contributed by atoms with Crippen molar-refractivity contribution in [2.45, 2.75) is 18.1 Å². The number of ether oxygens (including phenoxy) is 2. The topological polar surface area (TPSA) is 232 Å². The van der Waals surface area contributed by atoms with Gasteiger partial charge in [-0.05, 0) is 12.1 Å². The van der Waals surface area contributed by atoms with Crippen LogP contribution in [0, 0.1) is 0 Å². The normalized spacial score (nSPS) is 13.6. The Balaban J connectivity index is 2.62. The Morgan fingerprint density at radius 2 is 1.59 bits per heavy atom. The molecule has 13 nitrogen and oxygen atoms in total. The highest BCUT2D eigenvalue weighted by Gasteiger charge is 2.26. The molecule has 3 atom stereocenters. The molecule has 0 aliphatic heterocycles. The molecule has 13 heteroatoms. The van der Waals surface area contributed by atoms with Crippen LogP contribution in [0.2, 0.25) is 0 Å². The molecule has 1 aromatic carbocycles. The number of nitrogens with two attached hydrogens (primary N) is 2. The van der Waals surface area contributed by atoms with Gasteiger partial charge < -0.3 is 46.7 Å². The van der Waals surface area contributed by atoms with Crippen LogP contribution in [-0.2, 0) is 23.9 Å². The van der Waals surface area contributed by atoms with Gasteiger partial charge in [-0.25, -0.2) is 4.79 Å². The number of carbonyl (C=O) groups excluding carboxylic acids is 3. The maximum absolute atomic E-state index is 12.1. The van der Waals surface area contributed by atoms with Gasteiger partial charge in [0.2, 0.25) is 0 Å². The zero-order chi connectivity index (χ0) is 22.1. The molecule has 160 valence electrons. The van der Waals surface area contributed by atoms with Gasteiger partial charge in [-0.1, -0.05) is 6.07 Å². The third-order valence-electron chi connectivity index (χ3n) is 3.46. The maximum Gasteiger partial charge on any atom is 0.329 e. The van der Waals surface area contributed by atoms with Gasteiger partial charge in [0.05, 0.1) is 12.2 Å². The zero-order valence-electron chi connectivity index (χ0n) is 15.0. The molecule has 1 aromatic rings. The number of carbonyl (C=O) groups is 4. The molecule has 9 N–H and O–H groups in total. The van der Waals surface area contributed by atoms with E-state index in [9.17, 15) is 29.4 Å². The van der Waals surface area contributed by atoms with Crippen molar-refractivity contribution in [3.8, 4) is 11.5 Å². The highest BCUT2D eigenvalue weighted by molar-refractivity contribution is 5.99. The smallest absolute Gasteiger partial charge is 0.329 e. The molecule has 0 radical (unpaired) electrons. The second kappa shape index (κ2) is 10.8. The van der Waals surface area contributed by atoms with Crippen LogP contribution in [0.1, 0.15) is 10.4 Å². The van der Waals surface area contributed by atoms with Gasteiger partial charge in [0.25, 0.3) is 5.91 Å². The number of para-hydroxylation sites is 1. The minimum atomic E-state index is -1.70. The highest BCUT2D eigenvalue weighted by Crippen LogP contribution is 2.27. The second-order valence-electron chi connectivity index (χ2n) is 5.69. The third kappa shape index (κ3) is 6.91. The number of aromatic hydroxyl groups is 2. The minimum Gasteiger partial charge on any atom is -0.504 e. The van der Waals surface area contributed by atoms with E-state index in [0.29, 0.717) is 0 Å². The average molecular weight is 415 g/mol. The number of nitrogens with one attached hydrogen (secondary N) is 1. The van der Waals surface area contributed by atoms with Crippen LogP contribution < -0.4 is 16.8 Å². The molecule has 0 saturated carbocycles. The van der Waals surface area contributed by atoms with Crippen LogP contribution in [0.5, 0.6) is 11.5 Å². The molecule has 0 fully saturated rings. The van der Waals surface area contributed by atoms with Crippen molar-refractivity contribution in [3.05, 3.63) is 23.8 Å². The first kappa shape index (κ1) is 23.6. The molecule has 0 aliphatic rings. The van der Waals surface area contributed by atoms with E-state index in [1.54, 1.807) is 0 Å². The quantitative estimate of drug-likeness (QED) is 0.150. The molecule has 0 aromatic heterocycles. The molecule has 0 aliphatic carbocycles. The third-order valence-corrected chi connectivity index (χ3v) is 3.46. The van der Waals surface area contributed by atoms with Crippen LogP contribution in [-0.4, -0.2) is 82.2 Å². The summed E-state index contributed by atoms with van der Waals surface area (Å²) in [5.74, 6) is -6.07. The van der Waals surface area contributed by atoms with Gasteiger partial charge in [0, 0.05) is 0 Å². The fraction of sp³-hybridized carbons (Fsp3) is 0.375. The summed E-state index contributed by atoms with van der Waals surface area (Å²) in [6.45, 7) is -2.13. The van der Waals surface area contributed by atoms with Crippen molar-refractivity contribution < 1.29 is 49.1 Å². The Labute approximate surface area is 163 Å². The van der Waals surface area contributed by atoms with Crippen LogP contribution in [0.4, 0.5) is 0 Å². The van der Waals surface area contributed by atoms with E-state index in [0.717, 1.165) is 12.1 Å².